The van der Waals surface area contributed by atoms with Crippen molar-refractivity contribution in [1.29, 1.82) is 0 Å². The predicted octanol–water partition coefficient (Wildman–Crippen LogP) is 5.05. The van der Waals surface area contributed by atoms with Crippen molar-refractivity contribution < 1.29 is 29.3 Å². The molecule has 0 radical (unpaired) electrons. The number of fused-ring (bicyclic) bond motifs is 3. The van der Waals surface area contributed by atoms with E-state index in [1.807, 2.05) is 12.1 Å². The number of amides is 1. The van der Waals surface area contributed by atoms with Gasteiger partial charge in [-0.2, -0.15) is 5.06 Å². The number of benzene rings is 2. The number of para-hydroxylation sites is 1. The molecule has 10 nitrogen and oxygen atoms in total. The Morgan fingerprint density at radius 2 is 1.80 bits per heavy atom. The van der Waals surface area contributed by atoms with Crippen molar-refractivity contribution in [2.24, 2.45) is 35.0 Å². The molecule has 9 atom stereocenters. The summed E-state index contributed by atoms with van der Waals surface area (Å²) in [4.78, 5) is 25.3. The van der Waals surface area contributed by atoms with E-state index in [2.05, 4.69) is 94.2 Å². The molecule has 7 rings (SSSR count). The van der Waals surface area contributed by atoms with Crippen molar-refractivity contribution >= 4 is 5.91 Å². The summed E-state index contributed by atoms with van der Waals surface area (Å²) in [7, 11) is 4.26. The molecule has 51 heavy (non-hydrogen) atoms. The van der Waals surface area contributed by atoms with E-state index in [0.717, 1.165) is 54.1 Å². The zero-order valence-corrected chi connectivity index (χ0v) is 32.0. The number of ether oxygens (including phenoxy) is 2. The van der Waals surface area contributed by atoms with E-state index in [-0.39, 0.29) is 25.3 Å². The Balaban J connectivity index is 1.22. The molecule has 0 unspecified atom stereocenters. The average Bonchev–Trinajstić information content (AvgIpc) is 3.70. The molecule has 2 aromatic rings. The lowest BCUT2D eigenvalue weighted by atomic mass is 9.45. The molecule has 0 aromatic heterocycles. The molecular weight excluding hydrogens is 644 g/mol. The summed E-state index contributed by atoms with van der Waals surface area (Å²) in [5.41, 5.74) is 3.60. The minimum absolute atomic E-state index is 0.0945. The number of aliphatic hydroxyl groups excluding tert-OH is 2. The maximum absolute atomic E-state index is 14.2. The van der Waals surface area contributed by atoms with Crippen molar-refractivity contribution in [3.8, 4) is 11.5 Å². The lowest BCUT2D eigenvalue weighted by Crippen LogP contribution is -2.62. The number of hydroxylamine groups is 2. The average molecular weight is 707 g/mol. The third-order valence-electron chi connectivity index (χ3n) is 12.5. The molecule has 2 aliphatic heterocycles. The van der Waals surface area contributed by atoms with E-state index in [4.69, 9.17) is 14.3 Å². The minimum atomic E-state index is -0.831. The van der Waals surface area contributed by atoms with Crippen LogP contribution in [0.15, 0.2) is 42.5 Å². The highest BCUT2D eigenvalue weighted by Gasteiger charge is 2.57. The van der Waals surface area contributed by atoms with Gasteiger partial charge < -0.3 is 29.9 Å². The molecule has 10 heteroatoms. The van der Waals surface area contributed by atoms with Crippen molar-refractivity contribution in [3.05, 3.63) is 59.2 Å². The van der Waals surface area contributed by atoms with E-state index < -0.39 is 24.2 Å². The van der Waals surface area contributed by atoms with Crippen molar-refractivity contribution in [3.63, 3.8) is 0 Å². The highest BCUT2D eigenvalue weighted by molar-refractivity contribution is 5.82. The molecule has 1 amide bonds. The van der Waals surface area contributed by atoms with Gasteiger partial charge in [0.05, 0.1) is 19.3 Å². The maximum atomic E-state index is 14.2. The maximum Gasteiger partial charge on any atom is 0.240 e. The van der Waals surface area contributed by atoms with Crippen molar-refractivity contribution in [1.82, 2.24) is 20.2 Å². The van der Waals surface area contributed by atoms with Gasteiger partial charge in [0, 0.05) is 43.2 Å². The molecule has 4 fully saturated rings. The topological polar surface area (TPSA) is 107 Å². The summed E-state index contributed by atoms with van der Waals surface area (Å²) in [6.07, 6.45) is 1.75. The van der Waals surface area contributed by atoms with Crippen LogP contribution < -0.4 is 14.8 Å². The summed E-state index contributed by atoms with van der Waals surface area (Å²) in [5, 5.41) is 26.3. The van der Waals surface area contributed by atoms with Crippen molar-refractivity contribution in [2.75, 3.05) is 34.0 Å². The van der Waals surface area contributed by atoms with Crippen LogP contribution in [0.4, 0.5) is 0 Å². The summed E-state index contributed by atoms with van der Waals surface area (Å²) >= 11 is 0. The first-order chi connectivity index (χ1) is 24.3. The first-order valence-electron chi connectivity index (χ1n) is 19.1. The number of hydrogen-bond acceptors (Lipinski definition) is 9. The second-order valence-electron chi connectivity index (χ2n) is 17.2. The van der Waals surface area contributed by atoms with Crippen LogP contribution in [-0.4, -0.2) is 95.4 Å². The first-order valence-corrected chi connectivity index (χ1v) is 19.1. The highest BCUT2D eigenvalue weighted by atomic mass is 16.7. The van der Waals surface area contributed by atoms with Crippen LogP contribution in [0.5, 0.6) is 11.5 Å². The molecule has 0 spiro atoms. The Morgan fingerprint density at radius 3 is 2.47 bits per heavy atom. The smallest absolute Gasteiger partial charge is 0.240 e. The second-order valence-corrected chi connectivity index (χ2v) is 17.2. The Kier molecular flexibility index (Phi) is 11.7. The molecule has 282 valence electrons. The van der Waals surface area contributed by atoms with Crippen molar-refractivity contribution in [2.45, 2.75) is 111 Å². The molecule has 3 aliphatic carbocycles. The number of likely N-dealkylation sites (N-methyl/N-ethyl adjacent to an activating group) is 1. The molecule has 5 aliphatic rings. The van der Waals surface area contributed by atoms with E-state index in [1.165, 1.54) is 6.42 Å². The largest absolute Gasteiger partial charge is 0.454 e. The fourth-order valence-electron chi connectivity index (χ4n) is 9.68. The fraction of sp³-hybridized carbons (Fsp3) is 0.683. The van der Waals surface area contributed by atoms with Crippen LogP contribution in [0, 0.1) is 35.0 Å². The third-order valence-corrected chi connectivity index (χ3v) is 12.5. The van der Waals surface area contributed by atoms with Gasteiger partial charge in [-0.1, -0.05) is 71.0 Å². The monoisotopic (exact) mass is 706 g/mol. The second kappa shape index (κ2) is 15.7. The molecule has 3 saturated carbocycles. The first kappa shape index (κ1) is 38.0. The predicted molar refractivity (Wildman–Crippen MR) is 198 cm³/mol. The number of rotatable bonds is 15. The zero-order valence-electron chi connectivity index (χ0n) is 32.0. The number of nitrogens with zero attached hydrogens (tertiary/aromatic N) is 3. The molecule has 1 saturated heterocycles. The normalized spacial score (nSPS) is 29.4. The van der Waals surface area contributed by atoms with Gasteiger partial charge in [0.2, 0.25) is 12.7 Å². The lowest BCUT2D eigenvalue weighted by molar-refractivity contribution is -0.183. The van der Waals surface area contributed by atoms with Gasteiger partial charge in [0.25, 0.3) is 0 Å². The Labute approximate surface area is 305 Å². The minimum Gasteiger partial charge on any atom is -0.454 e. The standard InChI is InChI=1S/C41H62N4O6/c1-25(2)15-32(22-43(7)8)44(21-30-13-10-14-35-39(30)50-24-49-35)19-28-11-9-12-29(16-28)20-45-38(37(27(4)47)36(23-46)51-45)40(48)42-34-18-31-17-33(26(34)3)41(31,5)6/h9-14,16,25-27,31-34,36-38,46-47H,15,17-24H2,1-8H3,(H,42,48)/t26-,27-,31-,32-,33+,34-,36-,37+,38-/m0/s1. The number of hydrogen-bond donors (Lipinski definition) is 3. The Morgan fingerprint density at radius 1 is 1.06 bits per heavy atom. The zero-order chi connectivity index (χ0) is 36.6. The highest BCUT2D eigenvalue weighted by Crippen LogP contribution is 2.61. The summed E-state index contributed by atoms with van der Waals surface area (Å²) in [5.74, 6) is 3.05. The number of aliphatic hydroxyl groups is 2. The number of carbonyl (C=O) groups is 1. The molecule has 2 bridgehead atoms. The Bertz CT molecular complexity index is 1490. The summed E-state index contributed by atoms with van der Waals surface area (Å²) in [6.45, 7) is 15.9. The van der Waals surface area contributed by atoms with E-state index >= 15 is 0 Å². The van der Waals surface area contributed by atoms with Gasteiger partial charge in [-0.3, -0.25) is 14.5 Å². The summed E-state index contributed by atoms with van der Waals surface area (Å²) < 4.78 is 11.6. The van der Waals surface area contributed by atoms with Gasteiger partial charge >= 0.3 is 0 Å². The van der Waals surface area contributed by atoms with Gasteiger partial charge in [-0.05, 0) is 86.6 Å². The SMILES string of the molecule is CC(C)C[C@@H](CN(C)C)N(Cc1cccc(CN2O[C@@H](CO)[C@@H]([C@H](C)O)[C@H]2C(=O)N[C@H]2C[C@@H]3C[C@H]([C@@H]2C)C3(C)C)c1)Cc1cccc2c1OCO2. The van der Waals surface area contributed by atoms with Crippen LogP contribution in [0.3, 0.4) is 0 Å². The van der Waals surface area contributed by atoms with Crippen LogP contribution >= 0.6 is 0 Å². The van der Waals surface area contributed by atoms with Crippen LogP contribution in [0.2, 0.25) is 0 Å². The van der Waals surface area contributed by atoms with Crippen LogP contribution in [-0.2, 0) is 29.3 Å². The molecule has 2 aromatic carbocycles. The van der Waals surface area contributed by atoms with E-state index in [0.29, 0.717) is 48.2 Å². The van der Waals surface area contributed by atoms with Crippen LogP contribution in [0.25, 0.3) is 0 Å². The third kappa shape index (κ3) is 8.11. The van der Waals surface area contributed by atoms with Gasteiger partial charge in [-0.15, -0.1) is 0 Å². The summed E-state index contributed by atoms with van der Waals surface area (Å²) in [6, 6.07) is 14.3. The molecule has 3 N–H and O–H groups in total. The lowest BCUT2D eigenvalue weighted by Gasteiger charge is -2.62. The van der Waals surface area contributed by atoms with E-state index in [1.54, 1.807) is 12.0 Å². The number of carbonyl (C=O) groups excluding carboxylic acids is 1. The van der Waals surface area contributed by atoms with Crippen LogP contribution in [0.1, 0.15) is 77.5 Å². The molecule has 2 heterocycles. The van der Waals surface area contributed by atoms with Gasteiger partial charge in [0.15, 0.2) is 11.5 Å². The quantitative estimate of drug-likeness (QED) is 0.235. The van der Waals surface area contributed by atoms with Gasteiger partial charge in [-0.25, -0.2) is 0 Å². The van der Waals surface area contributed by atoms with E-state index in [9.17, 15) is 15.0 Å². The fourth-order valence-corrected chi connectivity index (χ4v) is 9.68. The molecular formula is C41H62N4O6. The Hall–Kier alpha value is -2.73. The number of nitrogens with one attached hydrogen (secondary N) is 1. The van der Waals surface area contributed by atoms with Gasteiger partial charge in [0.1, 0.15) is 12.1 Å².